The van der Waals surface area contributed by atoms with Crippen LogP contribution in [0.2, 0.25) is 0 Å². The number of nitrogens with zero attached hydrogens (tertiary/aromatic N) is 2. The summed E-state index contributed by atoms with van der Waals surface area (Å²) in [6.45, 7) is 4.59. The smallest absolute Gasteiger partial charge is 0.185 e. The molecule has 1 heterocycles. The molecule has 1 unspecified atom stereocenters. The monoisotopic (exact) mass is 265 g/mol. The number of hydrogen-bond acceptors (Lipinski definition) is 4. The van der Waals surface area contributed by atoms with Crippen LogP contribution >= 0.6 is 11.3 Å². The highest BCUT2D eigenvalue weighted by molar-refractivity contribution is 7.15. The molecular weight excluding hydrogens is 242 g/mol. The molecule has 0 aromatic carbocycles. The number of aryl methyl sites for hydroxylation is 1. The molecule has 100 valence electrons. The van der Waals surface area contributed by atoms with Gasteiger partial charge in [0, 0.05) is 24.0 Å². The van der Waals surface area contributed by atoms with Crippen LogP contribution in [0.25, 0.3) is 0 Å². The maximum absolute atomic E-state index is 6.20. The van der Waals surface area contributed by atoms with Crippen molar-refractivity contribution in [3.05, 3.63) is 10.6 Å². The summed E-state index contributed by atoms with van der Waals surface area (Å²) in [7, 11) is 0. The van der Waals surface area contributed by atoms with Crippen molar-refractivity contribution in [1.82, 2.24) is 4.98 Å². The van der Waals surface area contributed by atoms with E-state index in [9.17, 15) is 0 Å². The van der Waals surface area contributed by atoms with Crippen LogP contribution in [0.15, 0.2) is 0 Å². The zero-order chi connectivity index (χ0) is 12.5. The summed E-state index contributed by atoms with van der Waals surface area (Å²) in [6.07, 6.45) is 7.47. The van der Waals surface area contributed by atoms with E-state index >= 15 is 0 Å². The lowest BCUT2D eigenvalue weighted by molar-refractivity contribution is 0.573. The highest BCUT2D eigenvalue weighted by Crippen LogP contribution is 2.38. The Balaban J connectivity index is 1.80. The van der Waals surface area contributed by atoms with Crippen LogP contribution in [-0.4, -0.2) is 18.1 Å². The first-order chi connectivity index (χ1) is 8.78. The van der Waals surface area contributed by atoms with E-state index in [0.29, 0.717) is 0 Å². The Labute approximate surface area is 113 Å². The number of thiazole rings is 1. The summed E-state index contributed by atoms with van der Waals surface area (Å²) in [5.41, 5.74) is 7.48. The number of fused-ring (bicyclic) bond motifs is 1. The zero-order valence-corrected chi connectivity index (χ0v) is 12.0. The maximum atomic E-state index is 6.20. The lowest BCUT2D eigenvalue weighted by Crippen LogP contribution is -2.26. The van der Waals surface area contributed by atoms with Crippen LogP contribution in [0.1, 0.15) is 55.6 Å². The Hall–Kier alpha value is -0.610. The molecule has 2 N–H and O–H groups in total. The minimum absolute atomic E-state index is 0.240. The summed E-state index contributed by atoms with van der Waals surface area (Å²) in [5.74, 6) is 0.922. The van der Waals surface area contributed by atoms with E-state index in [1.807, 2.05) is 11.3 Å². The summed E-state index contributed by atoms with van der Waals surface area (Å²) in [5, 5.41) is 1.23. The van der Waals surface area contributed by atoms with Crippen LogP contribution < -0.4 is 10.6 Å². The lowest BCUT2D eigenvalue weighted by atomic mass is 9.99. The second kappa shape index (κ2) is 5.17. The van der Waals surface area contributed by atoms with E-state index in [4.69, 9.17) is 10.7 Å². The van der Waals surface area contributed by atoms with E-state index in [0.717, 1.165) is 25.3 Å². The molecule has 1 saturated carbocycles. The van der Waals surface area contributed by atoms with Gasteiger partial charge < -0.3 is 10.6 Å². The third-order valence-electron chi connectivity index (χ3n) is 3.92. The molecule has 0 aliphatic heterocycles. The molecule has 18 heavy (non-hydrogen) atoms. The maximum Gasteiger partial charge on any atom is 0.185 e. The van der Waals surface area contributed by atoms with Gasteiger partial charge in [0.1, 0.15) is 0 Å². The molecule has 4 heteroatoms. The Morgan fingerprint density at radius 3 is 2.89 bits per heavy atom. The average Bonchev–Trinajstić information content (AvgIpc) is 3.06. The van der Waals surface area contributed by atoms with Gasteiger partial charge in [-0.05, 0) is 44.4 Å². The molecule has 0 amide bonds. The Kier molecular flexibility index (Phi) is 3.57. The van der Waals surface area contributed by atoms with Crippen LogP contribution in [-0.2, 0) is 6.42 Å². The van der Waals surface area contributed by atoms with Crippen molar-refractivity contribution in [3.63, 3.8) is 0 Å². The van der Waals surface area contributed by atoms with Crippen molar-refractivity contribution in [3.8, 4) is 0 Å². The minimum atomic E-state index is 0.240. The number of nitrogens with two attached hydrogens (primary N) is 1. The van der Waals surface area contributed by atoms with Crippen molar-refractivity contribution < 1.29 is 0 Å². The second-order valence-corrected chi connectivity index (χ2v) is 6.70. The van der Waals surface area contributed by atoms with Gasteiger partial charge in [0.25, 0.3) is 0 Å². The third kappa shape index (κ3) is 2.54. The average molecular weight is 265 g/mol. The molecule has 0 saturated heterocycles. The van der Waals surface area contributed by atoms with Crippen molar-refractivity contribution in [2.45, 2.75) is 51.5 Å². The molecule has 1 aromatic heterocycles. The fourth-order valence-electron chi connectivity index (χ4n) is 2.72. The number of anilines is 1. The van der Waals surface area contributed by atoms with Crippen molar-refractivity contribution in [2.75, 3.05) is 18.0 Å². The topological polar surface area (TPSA) is 42.2 Å². The molecule has 0 radical (unpaired) electrons. The SMILES string of the molecule is CCCN(CC1CC1)c1nc2c(s1)C(N)CCC2. The van der Waals surface area contributed by atoms with E-state index in [-0.39, 0.29) is 6.04 Å². The van der Waals surface area contributed by atoms with Crippen LogP contribution in [0.4, 0.5) is 5.13 Å². The number of hydrogen-bond donors (Lipinski definition) is 1. The first-order valence-corrected chi connectivity index (χ1v) is 8.09. The van der Waals surface area contributed by atoms with E-state index in [1.165, 1.54) is 47.9 Å². The van der Waals surface area contributed by atoms with Crippen LogP contribution in [0, 0.1) is 5.92 Å². The zero-order valence-electron chi connectivity index (χ0n) is 11.2. The van der Waals surface area contributed by atoms with Gasteiger partial charge in [-0.15, -0.1) is 0 Å². The molecule has 2 aliphatic carbocycles. The van der Waals surface area contributed by atoms with Gasteiger partial charge in [-0.1, -0.05) is 18.3 Å². The fraction of sp³-hybridized carbons (Fsp3) is 0.786. The molecule has 1 aromatic rings. The second-order valence-electron chi connectivity index (χ2n) is 5.70. The summed E-state index contributed by atoms with van der Waals surface area (Å²) >= 11 is 1.85. The highest BCUT2D eigenvalue weighted by Gasteiger charge is 2.28. The highest BCUT2D eigenvalue weighted by atomic mass is 32.1. The van der Waals surface area contributed by atoms with E-state index < -0.39 is 0 Å². The Morgan fingerprint density at radius 2 is 2.22 bits per heavy atom. The summed E-state index contributed by atoms with van der Waals surface area (Å²) < 4.78 is 0. The molecule has 1 fully saturated rings. The fourth-order valence-corrected chi connectivity index (χ4v) is 3.90. The lowest BCUT2D eigenvalue weighted by Gasteiger charge is -2.20. The van der Waals surface area contributed by atoms with Crippen molar-refractivity contribution >= 4 is 16.5 Å². The third-order valence-corrected chi connectivity index (χ3v) is 5.21. The van der Waals surface area contributed by atoms with Gasteiger partial charge in [0.15, 0.2) is 5.13 Å². The van der Waals surface area contributed by atoms with Gasteiger partial charge in [0.05, 0.1) is 5.69 Å². The first-order valence-electron chi connectivity index (χ1n) is 7.28. The summed E-state index contributed by atoms with van der Waals surface area (Å²) in [4.78, 5) is 8.71. The van der Waals surface area contributed by atoms with Gasteiger partial charge >= 0.3 is 0 Å². The van der Waals surface area contributed by atoms with Crippen molar-refractivity contribution in [1.29, 1.82) is 0 Å². The molecular formula is C14H23N3S. The van der Waals surface area contributed by atoms with Gasteiger partial charge in [-0.3, -0.25) is 0 Å². The van der Waals surface area contributed by atoms with E-state index in [1.54, 1.807) is 0 Å². The predicted molar refractivity (Wildman–Crippen MR) is 77.2 cm³/mol. The largest absolute Gasteiger partial charge is 0.348 e. The van der Waals surface area contributed by atoms with E-state index in [2.05, 4.69) is 11.8 Å². The molecule has 3 nitrogen and oxygen atoms in total. The van der Waals surface area contributed by atoms with Crippen LogP contribution in [0.5, 0.6) is 0 Å². The number of aromatic nitrogens is 1. The Morgan fingerprint density at radius 1 is 1.39 bits per heavy atom. The quantitative estimate of drug-likeness (QED) is 0.889. The Bertz CT molecular complexity index is 411. The first kappa shape index (κ1) is 12.4. The molecule has 0 spiro atoms. The van der Waals surface area contributed by atoms with Gasteiger partial charge in [-0.25, -0.2) is 4.98 Å². The normalized spacial score (nSPS) is 22.9. The van der Waals surface area contributed by atoms with Crippen LogP contribution in [0.3, 0.4) is 0 Å². The molecule has 3 rings (SSSR count). The standard InChI is InChI=1S/C14H23N3S/c1-2-8-17(9-10-6-7-10)14-16-12-5-3-4-11(15)13(12)18-14/h10-11H,2-9,15H2,1H3. The number of rotatable bonds is 5. The van der Waals surface area contributed by atoms with Gasteiger partial charge in [-0.2, -0.15) is 0 Å². The van der Waals surface area contributed by atoms with Crippen molar-refractivity contribution in [2.24, 2.45) is 11.7 Å². The minimum Gasteiger partial charge on any atom is -0.348 e. The summed E-state index contributed by atoms with van der Waals surface area (Å²) in [6, 6.07) is 0.240. The molecule has 1 atom stereocenters. The molecule has 0 bridgehead atoms. The molecule has 2 aliphatic rings. The van der Waals surface area contributed by atoms with Gasteiger partial charge in [0.2, 0.25) is 0 Å². The predicted octanol–water partition coefficient (Wildman–Crippen LogP) is 3.11.